The second kappa shape index (κ2) is 9.53. The van der Waals surface area contributed by atoms with E-state index in [1.165, 1.54) is 23.0 Å². The zero-order chi connectivity index (χ0) is 25.3. The first-order valence-electron chi connectivity index (χ1n) is 11.3. The van der Waals surface area contributed by atoms with Crippen LogP contribution in [-0.4, -0.2) is 47.0 Å². The molecule has 0 saturated carbocycles. The summed E-state index contributed by atoms with van der Waals surface area (Å²) in [6.45, 7) is 1.19. The second-order valence-electron chi connectivity index (χ2n) is 8.63. The number of nitrogens with zero attached hydrogens (tertiary/aromatic N) is 4. The molecule has 5 rings (SSSR count). The van der Waals surface area contributed by atoms with Gasteiger partial charge < -0.3 is 10.3 Å². The van der Waals surface area contributed by atoms with Crippen LogP contribution < -0.4 is 5.32 Å². The third kappa shape index (κ3) is 4.84. The Morgan fingerprint density at radius 2 is 2.06 bits per heavy atom. The second-order valence-corrected chi connectivity index (χ2v) is 10.6. The van der Waals surface area contributed by atoms with Crippen molar-refractivity contribution in [2.75, 3.05) is 24.7 Å². The molecule has 0 radical (unpaired) electrons. The Hall–Kier alpha value is -4.07. The topological polar surface area (TPSA) is 115 Å². The van der Waals surface area contributed by atoms with Gasteiger partial charge in [0.1, 0.15) is 17.8 Å². The van der Waals surface area contributed by atoms with E-state index in [4.69, 9.17) is 5.26 Å². The summed E-state index contributed by atoms with van der Waals surface area (Å²) in [5.74, 6) is -0.407. The molecule has 2 N–H and O–H groups in total. The quantitative estimate of drug-likeness (QED) is 0.406. The summed E-state index contributed by atoms with van der Waals surface area (Å²) in [5, 5.41) is 13.1. The molecule has 0 bridgehead atoms. The van der Waals surface area contributed by atoms with E-state index in [1.807, 2.05) is 30.3 Å². The van der Waals surface area contributed by atoms with Crippen LogP contribution in [0, 0.1) is 17.1 Å². The van der Waals surface area contributed by atoms with E-state index in [2.05, 4.69) is 26.3 Å². The molecular formula is C26H23FN6O2S. The van der Waals surface area contributed by atoms with Crippen LogP contribution in [0.4, 0.5) is 10.1 Å². The number of halogens is 1. The number of benzene rings is 2. The van der Waals surface area contributed by atoms with Gasteiger partial charge in [-0.3, -0.25) is 0 Å². The van der Waals surface area contributed by atoms with E-state index in [9.17, 15) is 12.8 Å². The lowest BCUT2D eigenvalue weighted by Crippen LogP contribution is -2.33. The summed E-state index contributed by atoms with van der Waals surface area (Å²) < 4.78 is 40.0. The van der Waals surface area contributed by atoms with Crippen LogP contribution in [0.1, 0.15) is 23.2 Å². The minimum absolute atomic E-state index is 0.307. The number of aromatic amines is 1. The Morgan fingerprint density at radius 1 is 1.19 bits per heavy atom. The number of anilines is 1. The van der Waals surface area contributed by atoms with Crippen LogP contribution in [0.3, 0.4) is 0 Å². The first-order chi connectivity index (χ1) is 17.3. The van der Waals surface area contributed by atoms with Crippen molar-refractivity contribution < 1.29 is 12.8 Å². The van der Waals surface area contributed by atoms with E-state index in [-0.39, 0.29) is 0 Å². The van der Waals surface area contributed by atoms with E-state index < -0.39 is 15.8 Å². The largest absolute Gasteiger partial charge is 0.381 e. The highest BCUT2D eigenvalue weighted by molar-refractivity contribution is 7.88. The first kappa shape index (κ1) is 23.7. The van der Waals surface area contributed by atoms with Gasteiger partial charge >= 0.3 is 0 Å². The highest BCUT2D eigenvalue weighted by atomic mass is 32.2. The normalized spacial score (nSPS) is 14.4. The van der Waals surface area contributed by atoms with Gasteiger partial charge in [-0.05, 0) is 54.0 Å². The minimum Gasteiger partial charge on any atom is -0.381 e. The predicted octanol–water partition coefficient (Wildman–Crippen LogP) is 4.30. The number of nitrogens with one attached hydrogen (secondary N) is 2. The molecule has 0 spiro atoms. The molecule has 0 amide bonds. The fourth-order valence-electron chi connectivity index (χ4n) is 4.30. The summed E-state index contributed by atoms with van der Waals surface area (Å²) in [6.07, 6.45) is 5.04. The molecule has 1 aliphatic rings. The molecule has 182 valence electrons. The van der Waals surface area contributed by atoms with Gasteiger partial charge in [0.25, 0.3) is 0 Å². The molecular weight excluding hydrogens is 479 g/mol. The highest BCUT2D eigenvalue weighted by Gasteiger charge is 2.22. The van der Waals surface area contributed by atoms with Crippen LogP contribution >= 0.6 is 0 Å². The Balaban J connectivity index is 1.44. The molecule has 10 heteroatoms. The zero-order valence-corrected chi connectivity index (χ0v) is 20.3. The molecule has 0 aliphatic carbocycles. The van der Waals surface area contributed by atoms with Crippen LogP contribution in [-0.2, 0) is 16.6 Å². The summed E-state index contributed by atoms with van der Waals surface area (Å²) in [5.41, 5.74) is 5.41. The van der Waals surface area contributed by atoms with Gasteiger partial charge in [-0.15, -0.1) is 0 Å². The highest BCUT2D eigenvalue weighted by Crippen LogP contribution is 2.33. The number of hydrogen-bond acceptors (Lipinski definition) is 6. The van der Waals surface area contributed by atoms with Crippen LogP contribution in [0.25, 0.3) is 27.9 Å². The zero-order valence-electron chi connectivity index (χ0n) is 19.5. The van der Waals surface area contributed by atoms with Gasteiger partial charge in [0.15, 0.2) is 0 Å². The van der Waals surface area contributed by atoms with E-state index in [0.717, 1.165) is 16.8 Å². The maximum atomic E-state index is 15.0. The third-order valence-electron chi connectivity index (χ3n) is 6.19. The molecule has 0 saturated heterocycles. The minimum atomic E-state index is -3.24. The maximum absolute atomic E-state index is 15.0. The van der Waals surface area contributed by atoms with Gasteiger partial charge in [-0.2, -0.15) is 9.57 Å². The van der Waals surface area contributed by atoms with E-state index >= 15 is 0 Å². The Labute approximate surface area is 208 Å². The molecule has 0 atom stereocenters. The number of nitriles is 1. The van der Waals surface area contributed by atoms with Crippen molar-refractivity contribution in [1.29, 1.82) is 5.26 Å². The predicted molar refractivity (Wildman–Crippen MR) is 137 cm³/mol. The van der Waals surface area contributed by atoms with Crippen LogP contribution in [0.2, 0.25) is 0 Å². The molecule has 3 heterocycles. The van der Waals surface area contributed by atoms with Gasteiger partial charge in [-0.1, -0.05) is 18.2 Å². The Morgan fingerprint density at radius 3 is 2.81 bits per heavy atom. The molecule has 8 nitrogen and oxygen atoms in total. The lowest BCUT2D eigenvalue weighted by atomic mass is 10.0. The number of aromatic nitrogens is 3. The number of rotatable bonds is 6. The molecule has 0 unspecified atom stereocenters. The number of sulfonamides is 1. The molecule has 1 aliphatic heterocycles. The standard InChI is InChI=1S/C26H23FN6O2S/c1-36(34,35)33-9-7-19(8-10-33)24-13-22-25(30-16-31-26(22)32-24)21-12-20(5-6-23(21)27)29-15-18-4-2-3-17(11-18)14-28/h2-7,11-13,16,29H,8-10,15H2,1H3,(H,30,31,32). The Kier molecular flexibility index (Phi) is 6.26. The lowest BCUT2D eigenvalue weighted by molar-refractivity contribution is 0.445. The van der Waals surface area contributed by atoms with Gasteiger partial charge in [0.2, 0.25) is 10.0 Å². The SMILES string of the molecule is CS(=O)(=O)N1CC=C(c2cc3c(-c4cc(NCc5cccc(C#N)c5)ccc4F)ncnc3[nH]2)CC1. The van der Waals surface area contributed by atoms with Gasteiger partial charge in [0.05, 0.1) is 23.6 Å². The third-order valence-corrected chi connectivity index (χ3v) is 7.46. The number of H-pyrrole nitrogens is 1. The van der Waals surface area contributed by atoms with Crippen molar-refractivity contribution in [3.63, 3.8) is 0 Å². The smallest absolute Gasteiger partial charge is 0.211 e. The fraction of sp³-hybridized carbons (Fsp3) is 0.192. The van der Waals surface area contributed by atoms with Crippen molar-refractivity contribution in [3.05, 3.63) is 83.6 Å². The first-order valence-corrected chi connectivity index (χ1v) is 13.2. The summed E-state index contributed by atoms with van der Waals surface area (Å²) in [4.78, 5) is 12.0. The van der Waals surface area contributed by atoms with E-state index in [1.54, 1.807) is 18.2 Å². The van der Waals surface area contributed by atoms with Crippen LogP contribution in [0.15, 0.2) is 60.9 Å². The molecule has 36 heavy (non-hydrogen) atoms. The lowest BCUT2D eigenvalue weighted by Gasteiger charge is -2.23. The summed E-state index contributed by atoms with van der Waals surface area (Å²) >= 11 is 0. The van der Waals surface area contributed by atoms with Crippen molar-refractivity contribution in [1.82, 2.24) is 19.3 Å². The number of hydrogen-bond donors (Lipinski definition) is 2. The summed E-state index contributed by atoms with van der Waals surface area (Å²) in [7, 11) is -3.24. The monoisotopic (exact) mass is 502 g/mol. The number of fused-ring (bicyclic) bond motifs is 1. The van der Waals surface area contributed by atoms with Crippen molar-refractivity contribution in [2.24, 2.45) is 0 Å². The Bertz CT molecular complexity index is 1640. The molecule has 0 fully saturated rings. The average molecular weight is 503 g/mol. The summed E-state index contributed by atoms with van der Waals surface area (Å²) in [6, 6.07) is 16.1. The molecule has 2 aromatic carbocycles. The van der Waals surface area contributed by atoms with Crippen LogP contribution in [0.5, 0.6) is 0 Å². The maximum Gasteiger partial charge on any atom is 0.211 e. The average Bonchev–Trinajstić information content (AvgIpc) is 3.33. The molecule has 4 aromatic rings. The van der Waals surface area contributed by atoms with Gasteiger partial charge in [0, 0.05) is 42.0 Å². The van der Waals surface area contributed by atoms with Crippen molar-refractivity contribution >= 4 is 32.3 Å². The van der Waals surface area contributed by atoms with Crippen molar-refractivity contribution in [2.45, 2.75) is 13.0 Å². The van der Waals surface area contributed by atoms with E-state index in [0.29, 0.717) is 59.6 Å². The fourth-order valence-corrected chi connectivity index (χ4v) is 5.06. The molecule has 2 aromatic heterocycles. The van der Waals surface area contributed by atoms with Gasteiger partial charge in [-0.25, -0.2) is 22.8 Å². The van der Waals surface area contributed by atoms with Crippen molar-refractivity contribution in [3.8, 4) is 17.3 Å².